The zero-order valence-corrected chi connectivity index (χ0v) is 87.8. The number of thioether (sulfide) groups is 2. The molecule has 5 aliphatic heterocycles. The van der Waals surface area contributed by atoms with E-state index in [0.717, 1.165) is 104 Å². The maximum Gasteiger partial charge on any atom is 0.254 e. The summed E-state index contributed by atoms with van der Waals surface area (Å²) in [6.07, 6.45) is 22.0. The number of nitrogens with one attached hydrogen (secondary N) is 12. The third-order valence-electron chi connectivity index (χ3n) is 24.7. The van der Waals surface area contributed by atoms with Crippen LogP contribution >= 0.6 is 39.5 Å². The molecule has 12 N–H and O–H groups in total. The summed E-state index contributed by atoms with van der Waals surface area (Å²) in [4.78, 5) is 159. The average Bonchev–Trinajstić information content (AvgIpc) is 1.71. The summed E-state index contributed by atoms with van der Waals surface area (Å²) >= 11 is 7.39. The Hall–Kier alpha value is -12.2. The molecule has 0 spiro atoms. The molecule has 38 nitrogen and oxygen atoms in total. The highest BCUT2D eigenvalue weighted by molar-refractivity contribution is 9.10. The van der Waals surface area contributed by atoms with Gasteiger partial charge in [-0.2, -0.15) is 23.5 Å². The van der Waals surface area contributed by atoms with Gasteiger partial charge < -0.3 is 116 Å². The van der Waals surface area contributed by atoms with E-state index in [0.29, 0.717) is 301 Å². The minimum atomic E-state index is -0.448. The van der Waals surface area contributed by atoms with Gasteiger partial charge in [-0.3, -0.25) is 52.7 Å². The summed E-state index contributed by atoms with van der Waals surface area (Å²) in [6, 6.07) is 40.7. The highest BCUT2D eigenvalue weighted by atomic mass is 79.9. The summed E-state index contributed by atoms with van der Waals surface area (Å²) in [5, 5.41) is 37.2. The van der Waals surface area contributed by atoms with Crippen LogP contribution in [0.15, 0.2) is 175 Å². The van der Waals surface area contributed by atoms with Crippen LogP contribution in [-0.4, -0.2) is 292 Å². The number of hydrogen-bond acceptors (Lipinski definition) is 29. The number of amides is 11. The van der Waals surface area contributed by atoms with Crippen LogP contribution in [0.5, 0.6) is 23.1 Å². The van der Waals surface area contributed by atoms with Gasteiger partial charge in [0.05, 0.1) is 52.9 Å². The molecule has 0 radical (unpaired) electrons. The zero-order valence-electron chi connectivity index (χ0n) is 84.6. The van der Waals surface area contributed by atoms with Crippen molar-refractivity contribution in [2.75, 3.05) is 196 Å². The Bertz CT molecular complexity index is 5350. The van der Waals surface area contributed by atoms with Crippen molar-refractivity contribution >= 4 is 150 Å². The first-order valence-corrected chi connectivity index (χ1v) is 54.3. The number of aromatic nitrogens is 4. The van der Waals surface area contributed by atoms with Crippen molar-refractivity contribution in [2.24, 2.45) is 11.8 Å². The maximum atomic E-state index is 13.9. The van der Waals surface area contributed by atoms with Crippen molar-refractivity contribution in [3.8, 4) is 23.1 Å². The molecule has 7 heterocycles. The first-order valence-electron chi connectivity index (χ1n) is 51.4. The van der Waals surface area contributed by atoms with Crippen LogP contribution in [-0.2, 0) is 76.4 Å². The molecule has 0 saturated carbocycles. The molecular formula is C107H144BrN19O19S2. The Morgan fingerprint density at radius 3 is 1.39 bits per heavy atom. The van der Waals surface area contributed by atoms with Gasteiger partial charge >= 0.3 is 0 Å². The second-order valence-corrected chi connectivity index (χ2v) is 39.8. The molecule has 5 aromatic carbocycles. The van der Waals surface area contributed by atoms with Gasteiger partial charge in [-0.25, -0.2) is 19.9 Å². The van der Waals surface area contributed by atoms with E-state index in [1.54, 1.807) is 64.4 Å². The number of halogens is 1. The average molecular weight is 2140 g/mol. The number of fused-ring (bicyclic) bond motifs is 2. The number of likely N-dealkylation sites (N-methyl/N-ethyl adjacent to an activating group) is 1. The maximum absolute atomic E-state index is 13.9. The number of carbonyl (C=O) groups excluding carboxylic acids is 11. The highest BCUT2D eigenvalue weighted by Gasteiger charge is 2.44. The molecule has 41 heteroatoms. The lowest BCUT2D eigenvalue weighted by molar-refractivity contribution is -0.133. The molecule has 0 bridgehead atoms. The number of ether oxygens (including phenoxy) is 8. The molecule has 5 aliphatic rings. The van der Waals surface area contributed by atoms with Crippen LogP contribution in [0.2, 0.25) is 0 Å². The van der Waals surface area contributed by atoms with Crippen LogP contribution in [0.3, 0.4) is 0 Å². The fourth-order valence-corrected chi connectivity index (χ4v) is 20.7. The fraction of sp³-hybridized carbons (Fsp3) is 0.505. The molecule has 148 heavy (non-hydrogen) atoms. The second kappa shape index (κ2) is 67.0. The lowest BCUT2D eigenvalue weighted by Gasteiger charge is -2.35. The summed E-state index contributed by atoms with van der Waals surface area (Å²) < 4.78 is 46.3. The number of rotatable bonds is 68. The Morgan fingerprint density at radius 1 is 0.432 bits per heavy atom. The molecule has 11 amide bonds. The zero-order chi connectivity index (χ0) is 104. The van der Waals surface area contributed by atoms with Crippen LogP contribution in [0.4, 0.5) is 45.9 Å². The van der Waals surface area contributed by atoms with E-state index >= 15 is 0 Å². The number of piperazine rings is 1. The Kier molecular flexibility index (Phi) is 52.6. The lowest BCUT2D eigenvalue weighted by atomic mass is 9.94. The van der Waals surface area contributed by atoms with Gasteiger partial charge in [0.1, 0.15) is 47.4 Å². The molecule has 5 saturated heterocycles. The van der Waals surface area contributed by atoms with E-state index in [9.17, 15) is 52.7 Å². The van der Waals surface area contributed by atoms with Crippen molar-refractivity contribution in [2.45, 2.75) is 164 Å². The van der Waals surface area contributed by atoms with Crippen molar-refractivity contribution in [1.82, 2.24) is 71.9 Å². The van der Waals surface area contributed by atoms with E-state index in [1.165, 1.54) is 18.7 Å². The smallest absolute Gasteiger partial charge is 0.254 e. The van der Waals surface area contributed by atoms with Crippen molar-refractivity contribution in [1.29, 1.82) is 0 Å². The quantitative estimate of drug-likeness (QED) is 0.0124. The largest absolute Gasteiger partial charge is 0.457 e. The fourth-order valence-electron chi connectivity index (χ4n) is 17.0. The van der Waals surface area contributed by atoms with E-state index in [4.69, 9.17) is 37.9 Å². The summed E-state index contributed by atoms with van der Waals surface area (Å²) in [7, 11) is 1.99. The number of benzene rings is 5. The first-order chi connectivity index (χ1) is 72.2. The molecule has 6 atom stereocenters. The third-order valence-corrected chi connectivity index (χ3v) is 28.3. The molecule has 2 aromatic heterocycles. The standard InChI is InChI=1S/C56H71N9O11S.C51H73BrN10O8S/c1-2-50(66)62-42-34-40(33-41(35-42)61-49-37-54(60-39-59-49)76-45-19-17-44(18-20-45)75-43-11-4-3-5-12-43)56(71)65-25-23-64(24-26-65)55(70)16-8-15-52(68)58-22-10-28-73-30-32-74-31-29-72-27-9-21-57-51(67)14-7-6-13-48-46-36-53(69)63-47(46)38-77-48;1-62(25-9-20-50(66)60-41-15-7-14-40(33-41)59-46-35-45(56-37-57-46)58-39-13-6-12-38(52)32-39)24-5-4-21-53-48(64)18-8-19-49(65)55-23-11-27-69-29-31-70-30-28-68-26-10-22-54-47(63)17-3-2-16-44-42-34-51(67)61-43(42)36-71-44/h2-5,11-12,17-20,33-35,37,39,46-48H,1,6-10,13-16,21-32,36,38H2,(H,57,67)(H,58,68)(H,62,66)(H,63,69)(H,59,60,61);6-7,9,12-15,20,32-33,35,37,42-44H,2-5,8,10-11,16-19,21-31,34,36H2,1H3,(H,53,64)(H,54,63)(H,55,65)(H,60,66)(H,61,67)(H2,56,57,58,59)/b;20-9+/t46-,47-,48-;42-,43-,44-/m00/s1. The second-order valence-electron chi connectivity index (χ2n) is 36.4. The minimum absolute atomic E-state index is 0.0604. The SMILES string of the molecule is C=CC(=O)Nc1cc(Nc2cc(Oc3ccc(Oc4ccccc4)cc3)ncn2)cc(C(=O)N2CCN(C(=O)CCCC(=O)NCCCOCCOCCOCCCNC(=O)CCCC[C@@H]3SC[C@@H]4NC(=O)C[C@@H]43)CC2)c1.CN(C/C=C/C(=O)Nc1cccc(Nc2cc(Nc3cccc(Br)c3)ncn2)c1)CCCCNC(=O)CCCC(=O)NCCCOCCOCCOCCCNC(=O)CCCC[C@@H]1SC[C@@H]2NC(=O)C[C@@H]21. The molecule has 0 aliphatic carbocycles. The number of anilines is 8. The van der Waals surface area contributed by atoms with E-state index < -0.39 is 5.91 Å². The summed E-state index contributed by atoms with van der Waals surface area (Å²) in [5.74, 6) is 5.92. The third kappa shape index (κ3) is 45.5. The lowest BCUT2D eigenvalue weighted by Crippen LogP contribution is -2.50. The molecule has 7 aromatic rings. The Labute approximate surface area is 883 Å². The van der Waals surface area contributed by atoms with E-state index in [2.05, 4.69) is 111 Å². The number of carbonyl (C=O) groups is 11. The normalized spacial score (nSPS) is 16.5. The Balaban J connectivity index is 0.000000282. The van der Waals surface area contributed by atoms with Gasteiger partial charge in [0.25, 0.3) is 5.91 Å². The molecule has 800 valence electrons. The van der Waals surface area contributed by atoms with Gasteiger partial charge in [-0.05, 0) is 188 Å². The van der Waals surface area contributed by atoms with Crippen molar-refractivity contribution < 1.29 is 90.6 Å². The van der Waals surface area contributed by atoms with Crippen LogP contribution in [0, 0.1) is 11.8 Å². The molecule has 0 unspecified atom stereocenters. The van der Waals surface area contributed by atoms with Crippen LogP contribution in [0.1, 0.15) is 152 Å². The number of hydrogen-bond donors (Lipinski definition) is 12. The van der Waals surface area contributed by atoms with Gasteiger partial charge in [0.2, 0.25) is 65.0 Å². The topological polar surface area (TPSA) is 467 Å². The van der Waals surface area contributed by atoms with Crippen molar-refractivity contribution in [3.63, 3.8) is 0 Å². The van der Waals surface area contributed by atoms with Crippen LogP contribution < -0.4 is 73.3 Å². The van der Waals surface area contributed by atoms with Crippen molar-refractivity contribution in [3.05, 3.63) is 181 Å². The summed E-state index contributed by atoms with van der Waals surface area (Å²) in [6.45, 7) is 14.7. The Morgan fingerprint density at radius 2 is 0.865 bits per heavy atom. The number of unbranched alkanes of at least 4 members (excludes halogenated alkanes) is 3. The number of para-hydroxylation sites is 1. The molecule has 5 fully saturated rings. The monoisotopic (exact) mass is 2140 g/mol. The van der Waals surface area contributed by atoms with Gasteiger partial charge in [0.15, 0.2) is 0 Å². The first kappa shape index (κ1) is 116. The van der Waals surface area contributed by atoms with Gasteiger partial charge in [-0.15, -0.1) is 0 Å². The summed E-state index contributed by atoms with van der Waals surface area (Å²) in [5.41, 5.74) is 3.44. The highest BCUT2D eigenvalue weighted by Crippen LogP contribution is 2.42. The molecule has 12 rings (SSSR count). The van der Waals surface area contributed by atoms with Crippen LogP contribution in [0.25, 0.3) is 0 Å². The molecular weight excluding hydrogens is 2000 g/mol. The van der Waals surface area contributed by atoms with E-state index in [-0.39, 0.29) is 77.8 Å². The van der Waals surface area contributed by atoms with E-state index in [1.807, 2.05) is 116 Å². The predicted molar refractivity (Wildman–Crippen MR) is 575 cm³/mol. The van der Waals surface area contributed by atoms with Gasteiger partial charge in [-0.1, -0.05) is 71.8 Å². The minimum Gasteiger partial charge on any atom is -0.457 e. The number of nitrogens with zero attached hydrogens (tertiary/aromatic N) is 7. The predicted octanol–water partition coefficient (Wildman–Crippen LogP) is 13.1. The van der Waals surface area contributed by atoms with Gasteiger partial charge in [0, 0.05) is 246 Å².